The van der Waals surface area contributed by atoms with E-state index in [2.05, 4.69) is 13.0 Å². The summed E-state index contributed by atoms with van der Waals surface area (Å²) in [6.07, 6.45) is 5.66. The van der Waals surface area contributed by atoms with E-state index < -0.39 is 0 Å². The summed E-state index contributed by atoms with van der Waals surface area (Å²) in [6.45, 7) is 6.11. The van der Waals surface area contributed by atoms with E-state index >= 15 is 0 Å². The van der Waals surface area contributed by atoms with Gasteiger partial charge in [-0.15, -0.1) is 0 Å². The third-order valence-corrected chi connectivity index (χ3v) is 2.55. The van der Waals surface area contributed by atoms with Crippen LogP contribution in [0.2, 0.25) is 0 Å². The molecule has 0 saturated carbocycles. The molecule has 12 heavy (non-hydrogen) atoms. The van der Waals surface area contributed by atoms with Gasteiger partial charge in [-0.2, -0.15) is 0 Å². The van der Waals surface area contributed by atoms with Crippen molar-refractivity contribution < 1.29 is 4.79 Å². The maximum Gasteiger partial charge on any atom is 0.161 e. The van der Waals surface area contributed by atoms with E-state index in [9.17, 15) is 4.79 Å². The molecule has 1 heteroatoms. The zero-order valence-corrected chi connectivity index (χ0v) is 8.26. The first kappa shape index (κ1) is 9.50. The van der Waals surface area contributed by atoms with Crippen LogP contribution in [0.3, 0.4) is 0 Å². The van der Waals surface area contributed by atoms with Crippen LogP contribution < -0.4 is 0 Å². The number of hydrogen-bond acceptors (Lipinski definition) is 1. The van der Waals surface area contributed by atoms with Crippen LogP contribution in [0.5, 0.6) is 0 Å². The highest BCUT2D eigenvalue weighted by molar-refractivity contribution is 5.97. The predicted octanol–water partition coefficient (Wildman–Crippen LogP) is 2.96. The van der Waals surface area contributed by atoms with Crippen molar-refractivity contribution in [3.05, 3.63) is 11.6 Å². The first-order valence-electron chi connectivity index (χ1n) is 4.87. The molecule has 0 aromatic heterocycles. The van der Waals surface area contributed by atoms with Crippen LogP contribution in [0.4, 0.5) is 0 Å². The van der Waals surface area contributed by atoms with Gasteiger partial charge in [-0.1, -0.05) is 26.8 Å². The average Bonchev–Trinajstić information content (AvgIpc) is 2.04. The number of Topliss-reactive ketones (excluding diaryl/α,β-unsaturated/α-hetero) is 1. The van der Waals surface area contributed by atoms with Gasteiger partial charge in [-0.3, -0.25) is 4.79 Å². The average molecular weight is 166 g/mol. The first-order chi connectivity index (χ1) is 5.63. The molecule has 0 bridgehead atoms. The molecule has 0 N–H and O–H groups in total. The Bertz CT molecular complexity index is 201. The summed E-state index contributed by atoms with van der Waals surface area (Å²) in [7, 11) is 0. The number of ketones is 1. The van der Waals surface area contributed by atoms with E-state index in [0.717, 1.165) is 12.0 Å². The summed E-state index contributed by atoms with van der Waals surface area (Å²) in [4.78, 5) is 11.6. The normalized spacial score (nSPS) is 24.0. The second-order valence-electron chi connectivity index (χ2n) is 4.01. The van der Waals surface area contributed by atoms with E-state index in [4.69, 9.17) is 0 Å². The fourth-order valence-electron chi connectivity index (χ4n) is 1.72. The summed E-state index contributed by atoms with van der Waals surface area (Å²) in [6, 6.07) is 0. The molecular weight excluding hydrogens is 148 g/mol. The molecule has 0 aromatic rings. The molecule has 0 amide bonds. The number of carbonyl (C=O) groups excluding carboxylic acids is 1. The Kier molecular flexibility index (Phi) is 3.07. The lowest BCUT2D eigenvalue weighted by molar-refractivity contribution is -0.118. The summed E-state index contributed by atoms with van der Waals surface area (Å²) in [5.41, 5.74) is 1.08. The number of allylic oxidation sites excluding steroid dienone is 2. The summed E-state index contributed by atoms with van der Waals surface area (Å²) >= 11 is 0. The van der Waals surface area contributed by atoms with Crippen molar-refractivity contribution in [1.82, 2.24) is 0 Å². The number of rotatable bonds is 2. The SMILES string of the molecule is CC(C)C(=O)C1=CCCCC1C. The molecule has 0 spiro atoms. The molecule has 0 aromatic carbocycles. The Balaban J connectivity index is 2.72. The van der Waals surface area contributed by atoms with Crippen LogP contribution in [0, 0.1) is 11.8 Å². The van der Waals surface area contributed by atoms with Gasteiger partial charge in [-0.05, 0) is 30.8 Å². The van der Waals surface area contributed by atoms with Crippen molar-refractivity contribution in [2.75, 3.05) is 0 Å². The molecule has 1 rings (SSSR count). The molecule has 0 heterocycles. The third kappa shape index (κ3) is 1.96. The quantitative estimate of drug-likeness (QED) is 0.616. The Morgan fingerprint density at radius 3 is 2.75 bits per heavy atom. The van der Waals surface area contributed by atoms with Crippen LogP contribution in [-0.4, -0.2) is 5.78 Å². The molecule has 0 saturated heterocycles. The predicted molar refractivity (Wildman–Crippen MR) is 50.9 cm³/mol. The van der Waals surface area contributed by atoms with Gasteiger partial charge in [0, 0.05) is 5.92 Å². The lowest BCUT2D eigenvalue weighted by Crippen LogP contribution is -2.18. The summed E-state index contributed by atoms with van der Waals surface area (Å²) in [5, 5.41) is 0. The molecule has 1 atom stereocenters. The van der Waals surface area contributed by atoms with Crippen molar-refractivity contribution in [3.63, 3.8) is 0 Å². The van der Waals surface area contributed by atoms with Gasteiger partial charge in [0.05, 0.1) is 0 Å². The van der Waals surface area contributed by atoms with Gasteiger partial charge < -0.3 is 0 Å². The van der Waals surface area contributed by atoms with Crippen molar-refractivity contribution in [1.29, 1.82) is 0 Å². The Morgan fingerprint density at radius 2 is 2.25 bits per heavy atom. The Hall–Kier alpha value is -0.590. The third-order valence-electron chi connectivity index (χ3n) is 2.55. The fraction of sp³-hybridized carbons (Fsp3) is 0.727. The largest absolute Gasteiger partial charge is 0.294 e. The van der Waals surface area contributed by atoms with Crippen molar-refractivity contribution >= 4 is 5.78 Å². The summed E-state index contributed by atoms with van der Waals surface area (Å²) in [5.74, 6) is 1.01. The van der Waals surface area contributed by atoms with E-state index in [0.29, 0.717) is 11.7 Å². The monoisotopic (exact) mass is 166 g/mol. The smallest absolute Gasteiger partial charge is 0.161 e. The Labute approximate surface area is 74.9 Å². The van der Waals surface area contributed by atoms with E-state index in [-0.39, 0.29) is 5.92 Å². The van der Waals surface area contributed by atoms with Gasteiger partial charge in [-0.25, -0.2) is 0 Å². The molecular formula is C11H18O. The van der Waals surface area contributed by atoms with Gasteiger partial charge in [0.2, 0.25) is 0 Å². The van der Waals surface area contributed by atoms with Gasteiger partial charge in [0.15, 0.2) is 5.78 Å². The van der Waals surface area contributed by atoms with Crippen LogP contribution in [0.1, 0.15) is 40.0 Å². The minimum absolute atomic E-state index is 0.164. The van der Waals surface area contributed by atoms with Crippen LogP contribution in [-0.2, 0) is 4.79 Å². The lowest BCUT2D eigenvalue weighted by atomic mass is 9.84. The van der Waals surface area contributed by atoms with Crippen molar-refractivity contribution in [3.8, 4) is 0 Å². The number of carbonyl (C=O) groups is 1. The molecule has 0 fully saturated rings. The highest BCUT2D eigenvalue weighted by Gasteiger charge is 2.21. The van der Waals surface area contributed by atoms with Crippen LogP contribution >= 0.6 is 0 Å². The first-order valence-corrected chi connectivity index (χ1v) is 4.87. The highest BCUT2D eigenvalue weighted by atomic mass is 16.1. The second kappa shape index (κ2) is 3.88. The van der Waals surface area contributed by atoms with E-state index in [1.165, 1.54) is 12.8 Å². The molecule has 1 aliphatic rings. The standard InChI is InChI=1S/C11H18O/c1-8(2)11(12)10-7-5-4-6-9(10)3/h7-9H,4-6H2,1-3H3. The van der Waals surface area contributed by atoms with E-state index in [1.54, 1.807) is 0 Å². The van der Waals surface area contributed by atoms with Crippen molar-refractivity contribution in [2.24, 2.45) is 11.8 Å². The molecule has 1 unspecified atom stereocenters. The minimum atomic E-state index is 0.164. The van der Waals surface area contributed by atoms with Gasteiger partial charge >= 0.3 is 0 Å². The molecule has 68 valence electrons. The van der Waals surface area contributed by atoms with Crippen LogP contribution in [0.15, 0.2) is 11.6 Å². The highest BCUT2D eigenvalue weighted by Crippen LogP contribution is 2.26. The number of hydrogen-bond donors (Lipinski definition) is 0. The summed E-state index contributed by atoms with van der Waals surface area (Å²) < 4.78 is 0. The molecule has 0 radical (unpaired) electrons. The van der Waals surface area contributed by atoms with Gasteiger partial charge in [0.1, 0.15) is 0 Å². The fourth-order valence-corrected chi connectivity index (χ4v) is 1.72. The maximum atomic E-state index is 11.6. The zero-order chi connectivity index (χ0) is 9.14. The Morgan fingerprint density at radius 1 is 1.58 bits per heavy atom. The maximum absolute atomic E-state index is 11.6. The van der Waals surface area contributed by atoms with Gasteiger partial charge in [0.25, 0.3) is 0 Å². The van der Waals surface area contributed by atoms with Crippen molar-refractivity contribution in [2.45, 2.75) is 40.0 Å². The second-order valence-corrected chi connectivity index (χ2v) is 4.01. The molecule has 0 aliphatic heterocycles. The topological polar surface area (TPSA) is 17.1 Å². The zero-order valence-electron chi connectivity index (χ0n) is 8.26. The molecule has 1 nitrogen and oxygen atoms in total. The minimum Gasteiger partial charge on any atom is -0.294 e. The lowest BCUT2D eigenvalue weighted by Gasteiger charge is -2.20. The molecule has 1 aliphatic carbocycles. The van der Waals surface area contributed by atoms with E-state index in [1.807, 2.05) is 13.8 Å². The van der Waals surface area contributed by atoms with Crippen LogP contribution in [0.25, 0.3) is 0 Å².